The Morgan fingerprint density at radius 3 is 2.45 bits per heavy atom. The quantitative estimate of drug-likeness (QED) is 0.536. The number of likely N-dealkylation sites (tertiary alicyclic amines) is 1. The van der Waals surface area contributed by atoms with Gasteiger partial charge in [0, 0.05) is 17.8 Å². The number of carbonyl (C=O) groups is 2. The Hall–Kier alpha value is -1.40. The van der Waals surface area contributed by atoms with Crippen LogP contribution in [0, 0.1) is 29.1 Å². The number of hydrogen-bond donors (Lipinski definition) is 1. The summed E-state index contributed by atoms with van der Waals surface area (Å²) in [4.78, 5) is 29.7. The molecule has 1 aromatic heterocycles. The lowest BCUT2D eigenvalue weighted by atomic mass is 9.48. The maximum absolute atomic E-state index is 13.4. The first-order valence-corrected chi connectivity index (χ1v) is 14.0. The molecule has 1 N–H and O–H groups in total. The Labute approximate surface area is 202 Å². The van der Waals surface area contributed by atoms with Gasteiger partial charge in [0.25, 0.3) is 0 Å². The SMILES string of the molecule is CCOc1ccc([C@@H](C)NC(=O)[C@@H]2CCN(C(C)C(=O)CC34CC5CC(CC(C5)C3)C4)C2)s1. The van der Waals surface area contributed by atoms with E-state index in [2.05, 4.69) is 17.1 Å². The van der Waals surface area contributed by atoms with Gasteiger partial charge in [-0.05, 0) is 108 Å². The lowest BCUT2D eigenvalue weighted by molar-refractivity contribution is -0.132. The highest BCUT2D eigenvalue weighted by Crippen LogP contribution is 2.61. The summed E-state index contributed by atoms with van der Waals surface area (Å²) < 4.78 is 5.56. The summed E-state index contributed by atoms with van der Waals surface area (Å²) >= 11 is 1.59. The monoisotopic (exact) mass is 472 g/mol. The van der Waals surface area contributed by atoms with Crippen LogP contribution in [0.15, 0.2) is 12.1 Å². The third-order valence-corrected chi connectivity index (χ3v) is 10.2. The van der Waals surface area contributed by atoms with Gasteiger partial charge in [-0.3, -0.25) is 14.5 Å². The van der Waals surface area contributed by atoms with E-state index < -0.39 is 0 Å². The second-order valence-electron chi connectivity index (χ2n) is 11.5. The van der Waals surface area contributed by atoms with Gasteiger partial charge in [0.15, 0.2) is 5.06 Å². The molecule has 6 heteroatoms. The Morgan fingerprint density at radius 2 is 1.82 bits per heavy atom. The van der Waals surface area contributed by atoms with Crippen LogP contribution in [0.3, 0.4) is 0 Å². The second kappa shape index (κ2) is 9.33. The zero-order valence-electron chi connectivity index (χ0n) is 20.5. The Kier molecular flexibility index (Phi) is 6.60. The number of carbonyl (C=O) groups excluding carboxylic acids is 2. The van der Waals surface area contributed by atoms with Crippen molar-refractivity contribution in [3.8, 4) is 5.06 Å². The molecule has 4 saturated carbocycles. The van der Waals surface area contributed by atoms with Crippen molar-refractivity contribution in [3.63, 3.8) is 0 Å². The van der Waals surface area contributed by atoms with Crippen LogP contribution in [-0.2, 0) is 9.59 Å². The number of thiophene rings is 1. The van der Waals surface area contributed by atoms with E-state index in [0.717, 1.165) is 47.1 Å². The summed E-state index contributed by atoms with van der Waals surface area (Å²) in [6, 6.07) is 3.91. The summed E-state index contributed by atoms with van der Waals surface area (Å²) in [6.45, 7) is 8.27. The largest absolute Gasteiger partial charge is 0.484 e. The van der Waals surface area contributed by atoms with Gasteiger partial charge in [-0.25, -0.2) is 0 Å². The molecule has 1 aromatic rings. The summed E-state index contributed by atoms with van der Waals surface area (Å²) in [5, 5.41) is 4.08. The van der Waals surface area contributed by atoms with E-state index in [1.54, 1.807) is 11.3 Å². The second-order valence-corrected chi connectivity index (χ2v) is 12.6. The smallest absolute Gasteiger partial charge is 0.224 e. The van der Waals surface area contributed by atoms with Crippen molar-refractivity contribution in [3.05, 3.63) is 17.0 Å². The molecule has 182 valence electrons. The van der Waals surface area contributed by atoms with E-state index in [1.165, 1.54) is 38.5 Å². The number of hydrogen-bond acceptors (Lipinski definition) is 5. The number of Topliss-reactive ketones (excluding diaryl/α,β-unsaturated/α-hetero) is 1. The van der Waals surface area contributed by atoms with Gasteiger partial charge in [0.05, 0.1) is 24.6 Å². The molecule has 6 rings (SSSR count). The van der Waals surface area contributed by atoms with E-state index in [9.17, 15) is 9.59 Å². The van der Waals surface area contributed by atoms with Crippen molar-refractivity contribution in [2.75, 3.05) is 19.7 Å². The van der Waals surface area contributed by atoms with Crippen LogP contribution in [0.1, 0.15) is 83.1 Å². The highest BCUT2D eigenvalue weighted by Gasteiger charge is 2.52. The zero-order chi connectivity index (χ0) is 23.2. The molecule has 2 heterocycles. The lowest BCUT2D eigenvalue weighted by Gasteiger charge is -2.57. The van der Waals surface area contributed by atoms with Gasteiger partial charge in [0.1, 0.15) is 5.78 Å². The van der Waals surface area contributed by atoms with Crippen LogP contribution in [0.2, 0.25) is 0 Å². The molecular formula is C27H40N2O3S. The molecule has 0 aromatic carbocycles. The topological polar surface area (TPSA) is 58.6 Å². The van der Waals surface area contributed by atoms with Crippen molar-refractivity contribution in [1.82, 2.24) is 10.2 Å². The molecule has 5 fully saturated rings. The van der Waals surface area contributed by atoms with Gasteiger partial charge in [-0.1, -0.05) is 0 Å². The number of nitrogens with one attached hydrogen (secondary N) is 1. The first-order valence-electron chi connectivity index (χ1n) is 13.1. The standard InChI is InChI=1S/C27H40N2O3S/c1-4-32-25-6-5-24(33-25)17(2)28-26(31)22-7-8-29(16-22)18(3)23(30)15-27-12-19-9-20(13-27)11-21(10-19)14-27/h5-6,17-22H,4,7-16H2,1-3H3,(H,28,31)/t17-,18?,19?,20?,21?,22-,27?/m1/s1. The minimum atomic E-state index is -0.0701. The number of rotatable bonds is 9. The van der Waals surface area contributed by atoms with Crippen molar-refractivity contribution < 1.29 is 14.3 Å². The fourth-order valence-electron chi connectivity index (χ4n) is 7.77. The normalized spacial score (nSPS) is 34.9. The minimum absolute atomic E-state index is 0.0269. The van der Waals surface area contributed by atoms with Gasteiger partial charge in [-0.2, -0.15) is 0 Å². The van der Waals surface area contributed by atoms with Crippen molar-refractivity contribution in [2.45, 2.75) is 84.2 Å². The predicted molar refractivity (Wildman–Crippen MR) is 131 cm³/mol. The van der Waals surface area contributed by atoms with Gasteiger partial charge in [-0.15, -0.1) is 11.3 Å². The van der Waals surface area contributed by atoms with E-state index in [-0.39, 0.29) is 23.9 Å². The maximum Gasteiger partial charge on any atom is 0.224 e. The van der Waals surface area contributed by atoms with Crippen LogP contribution in [0.25, 0.3) is 0 Å². The van der Waals surface area contributed by atoms with Gasteiger partial charge in [0.2, 0.25) is 5.91 Å². The summed E-state index contributed by atoms with van der Waals surface area (Å²) in [7, 11) is 0. The molecule has 0 radical (unpaired) electrons. The number of ketones is 1. The molecule has 3 atom stereocenters. The molecule has 0 spiro atoms. The molecule has 5 nitrogen and oxygen atoms in total. The number of nitrogens with zero attached hydrogens (tertiary/aromatic N) is 1. The molecule has 5 aliphatic rings. The highest BCUT2D eigenvalue weighted by molar-refractivity contribution is 7.13. The van der Waals surface area contributed by atoms with Crippen LogP contribution in [0.4, 0.5) is 0 Å². The van der Waals surface area contributed by atoms with Crippen LogP contribution >= 0.6 is 11.3 Å². The van der Waals surface area contributed by atoms with Crippen molar-refractivity contribution in [1.29, 1.82) is 0 Å². The van der Waals surface area contributed by atoms with E-state index in [0.29, 0.717) is 24.3 Å². The molecule has 4 aliphatic carbocycles. The van der Waals surface area contributed by atoms with Crippen LogP contribution in [0.5, 0.6) is 5.06 Å². The van der Waals surface area contributed by atoms with Crippen LogP contribution in [-0.4, -0.2) is 42.3 Å². The third-order valence-electron chi connectivity index (χ3n) is 8.99. The first kappa shape index (κ1) is 23.3. The highest BCUT2D eigenvalue weighted by atomic mass is 32.1. The Balaban J connectivity index is 1.12. The fourth-order valence-corrected chi connectivity index (χ4v) is 8.69. The molecular weight excluding hydrogens is 432 g/mol. The van der Waals surface area contributed by atoms with Crippen molar-refractivity contribution in [2.24, 2.45) is 29.1 Å². The number of amides is 1. The average molecular weight is 473 g/mol. The predicted octanol–water partition coefficient (Wildman–Crippen LogP) is 5.21. The van der Waals surface area contributed by atoms with Gasteiger partial charge >= 0.3 is 0 Å². The maximum atomic E-state index is 13.4. The summed E-state index contributed by atoms with van der Waals surface area (Å²) in [5.74, 6) is 3.14. The number of ether oxygens (including phenoxy) is 1. The van der Waals surface area contributed by atoms with E-state index in [4.69, 9.17) is 4.74 Å². The van der Waals surface area contributed by atoms with Crippen LogP contribution < -0.4 is 10.1 Å². The minimum Gasteiger partial charge on any atom is -0.484 e. The third kappa shape index (κ3) is 4.88. The Bertz CT molecular complexity index is 845. The van der Waals surface area contributed by atoms with Crippen molar-refractivity contribution >= 4 is 23.0 Å². The average Bonchev–Trinajstić information content (AvgIpc) is 3.42. The van der Waals surface area contributed by atoms with E-state index in [1.807, 2.05) is 26.0 Å². The zero-order valence-corrected chi connectivity index (χ0v) is 21.3. The lowest BCUT2D eigenvalue weighted by Crippen LogP contribution is -2.49. The molecule has 1 aliphatic heterocycles. The summed E-state index contributed by atoms with van der Waals surface area (Å²) in [5.41, 5.74) is 0.299. The molecule has 1 unspecified atom stereocenters. The van der Waals surface area contributed by atoms with E-state index >= 15 is 0 Å². The molecule has 4 bridgehead atoms. The molecule has 33 heavy (non-hydrogen) atoms. The summed E-state index contributed by atoms with van der Waals surface area (Å²) in [6.07, 6.45) is 9.72. The van der Waals surface area contributed by atoms with Gasteiger partial charge < -0.3 is 10.1 Å². The first-order chi connectivity index (χ1) is 15.8. The fraction of sp³-hybridized carbons (Fsp3) is 0.778. The molecule has 1 saturated heterocycles. The Morgan fingerprint density at radius 1 is 1.15 bits per heavy atom. The molecule has 1 amide bonds.